The number of rotatable bonds is 2. The molecule has 0 saturated heterocycles. The van der Waals surface area contributed by atoms with E-state index >= 15 is 0 Å². The van der Waals surface area contributed by atoms with Gasteiger partial charge in [0.1, 0.15) is 0 Å². The second kappa shape index (κ2) is 7.02. The van der Waals surface area contributed by atoms with Gasteiger partial charge in [-0.2, -0.15) is 0 Å². The van der Waals surface area contributed by atoms with Crippen LogP contribution in [0, 0.1) is 0 Å². The van der Waals surface area contributed by atoms with Crippen molar-refractivity contribution >= 4 is 8.25 Å². The van der Waals surface area contributed by atoms with Crippen LogP contribution in [0.25, 0.3) is 0 Å². The summed E-state index contributed by atoms with van der Waals surface area (Å²) in [6, 6.07) is 0. The quantitative estimate of drug-likeness (QED) is 0.301. The second-order valence-corrected chi connectivity index (χ2v) is 1.05. The maximum absolute atomic E-state index is 9.79. The van der Waals surface area contributed by atoms with Crippen LogP contribution in [-0.4, -0.2) is 6.56 Å². The molecule has 0 radical (unpaired) electrons. The van der Waals surface area contributed by atoms with Crippen LogP contribution in [0.3, 0.4) is 0 Å². The molecule has 0 saturated carbocycles. The first kappa shape index (κ1) is 3.25. The third kappa shape index (κ3) is 10.9. The summed E-state index contributed by atoms with van der Waals surface area (Å²) in [6.45, 7) is -6.23. The summed E-state index contributed by atoms with van der Waals surface area (Å²) in [4.78, 5) is 9.79. The Hall–Kier alpha value is 1.02. The third-order valence-corrected chi connectivity index (χ3v) is 0.361. The van der Waals surface area contributed by atoms with E-state index in [1.54, 1.807) is 0 Å². The van der Waals surface area contributed by atoms with Crippen molar-refractivity contribution in [2.45, 2.75) is 6.85 Å². The van der Waals surface area contributed by atoms with Gasteiger partial charge in [0.05, 0.1) is 9.30 Å². The van der Waals surface area contributed by atoms with Gasteiger partial charge in [-0.05, 0) is 11.4 Å². The van der Waals surface area contributed by atoms with Gasteiger partial charge in [-0.15, -0.1) is 4.52 Å². The molecular weight excluding hydrogens is 126 g/mol. The second-order valence-electron chi connectivity index (χ2n) is 0.417. The van der Waals surface area contributed by atoms with Crippen molar-refractivity contribution in [2.75, 3.05) is 6.56 Å². The van der Waals surface area contributed by atoms with Crippen LogP contribution in [0.4, 0.5) is 0 Å². The van der Waals surface area contributed by atoms with Crippen LogP contribution >= 0.6 is 8.25 Å². The van der Waals surface area contributed by atoms with E-state index in [-0.39, 0.29) is 29.6 Å². The Morgan fingerprint density at radius 3 is 3.00 bits per heavy atom. The number of hydrogen-bond donors (Lipinski definition) is 0. The summed E-state index contributed by atoms with van der Waals surface area (Å²) in [5.41, 5.74) is 0. The summed E-state index contributed by atoms with van der Waals surface area (Å²) in [5.74, 6) is 0. The van der Waals surface area contributed by atoms with E-state index in [1.165, 1.54) is 0 Å². The molecule has 36 valence electrons. The zero-order chi connectivity index (χ0) is 9.28. The monoisotopic (exact) mass is 136 g/mol. The average molecular weight is 136 g/mol. The maximum Gasteiger partial charge on any atom is 1.00 e. The fourth-order valence-corrected chi connectivity index (χ4v) is 0.112. The molecule has 3 nitrogen and oxygen atoms in total. The van der Waals surface area contributed by atoms with Crippen LogP contribution in [0.2, 0.25) is 0 Å². The third-order valence-electron chi connectivity index (χ3n) is 0.120. The van der Waals surface area contributed by atoms with Crippen molar-refractivity contribution < 1.29 is 50.4 Å². The van der Waals surface area contributed by atoms with Gasteiger partial charge in [-0.1, -0.05) is 0 Å². The molecule has 0 aliphatic carbocycles. The summed E-state index contributed by atoms with van der Waals surface area (Å²) in [7, 11) is -3.49. The Kier molecular flexibility index (Phi) is 3.26. The van der Waals surface area contributed by atoms with Crippen LogP contribution < -0.4 is 34.5 Å². The standard InChI is InChI=1S/C2H5O3P.Na/c1-2-5-6(3)4;/h2H2,1H3;/q;+1/i1D3,2D2;. The molecule has 7 heavy (non-hydrogen) atoms. The van der Waals surface area contributed by atoms with Crippen LogP contribution in [0.15, 0.2) is 0 Å². The molecule has 0 aromatic carbocycles. The molecular formula is C2H5NaO3P+. The number of hydrogen-bond acceptors (Lipinski definition) is 3. The Balaban J connectivity index is 0. The van der Waals surface area contributed by atoms with Gasteiger partial charge in [0, 0.05) is 4.11 Å². The van der Waals surface area contributed by atoms with Crippen molar-refractivity contribution in [1.82, 2.24) is 0 Å². The summed E-state index contributed by atoms with van der Waals surface area (Å²) >= 11 is 0. The molecule has 0 fully saturated rings. The normalized spacial score (nSPS) is 24.1. The predicted molar refractivity (Wildman–Crippen MR) is 19.2 cm³/mol. The molecule has 0 rings (SSSR count). The topological polar surface area (TPSA) is 49.4 Å². The molecule has 1 unspecified atom stereocenters. The zero-order valence-corrected chi connectivity index (χ0v) is 6.57. The van der Waals surface area contributed by atoms with Crippen molar-refractivity contribution in [3.05, 3.63) is 0 Å². The van der Waals surface area contributed by atoms with Crippen molar-refractivity contribution in [2.24, 2.45) is 0 Å². The maximum atomic E-state index is 9.79. The molecule has 0 aromatic heterocycles. The van der Waals surface area contributed by atoms with Crippen molar-refractivity contribution in [3.63, 3.8) is 0 Å². The Labute approximate surface area is 72.3 Å². The fourth-order valence-electron chi connectivity index (χ4n) is 0.0373. The minimum absolute atomic E-state index is 0. The Bertz CT molecular complexity index is 169. The Morgan fingerprint density at radius 2 is 2.86 bits per heavy atom. The summed E-state index contributed by atoms with van der Waals surface area (Å²) in [5, 5.41) is 0. The van der Waals surface area contributed by atoms with Crippen LogP contribution in [0.5, 0.6) is 0 Å². The molecule has 1 atom stereocenters. The predicted octanol–water partition coefficient (Wildman–Crippen LogP) is -2.96. The first-order valence-electron chi connectivity index (χ1n) is 3.50. The van der Waals surface area contributed by atoms with E-state index in [4.69, 9.17) is 6.85 Å². The van der Waals surface area contributed by atoms with Gasteiger partial charge >= 0.3 is 37.8 Å². The zero-order valence-electron chi connectivity index (χ0n) is 8.67. The fraction of sp³-hybridized carbons (Fsp3) is 1.00. The van der Waals surface area contributed by atoms with Crippen LogP contribution in [0.1, 0.15) is 13.7 Å². The van der Waals surface area contributed by atoms with Gasteiger partial charge in [-0.3, -0.25) is 0 Å². The smallest absolute Gasteiger partial charge is 0.566 e. The van der Waals surface area contributed by atoms with E-state index in [2.05, 4.69) is 4.52 Å². The van der Waals surface area contributed by atoms with Crippen molar-refractivity contribution in [3.8, 4) is 0 Å². The van der Waals surface area contributed by atoms with Gasteiger partial charge in [0.25, 0.3) is 0 Å². The van der Waals surface area contributed by atoms with Crippen molar-refractivity contribution in [1.29, 1.82) is 0 Å². The molecule has 0 spiro atoms. The summed E-state index contributed by atoms with van der Waals surface area (Å²) < 4.78 is 46.0. The van der Waals surface area contributed by atoms with E-state index in [1.807, 2.05) is 0 Å². The molecule has 0 N–H and O–H groups in total. The molecule has 0 heterocycles. The average Bonchev–Trinajstić information content (AvgIpc) is 1.56. The van der Waals surface area contributed by atoms with E-state index < -0.39 is 21.7 Å². The SMILES string of the molecule is [2H]C([2H])([2H])C([2H])([2H])O[P+](=O)[O-].[Na+]. The molecule has 0 aromatic rings. The van der Waals surface area contributed by atoms with E-state index in [9.17, 15) is 9.46 Å². The summed E-state index contributed by atoms with van der Waals surface area (Å²) in [6.07, 6.45) is 0. The van der Waals surface area contributed by atoms with E-state index in [0.29, 0.717) is 0 Å². The largest absolute Gasteiger partial charge is 1.00 e. The van der Waals surface area contributed by atoms with E-state index in [0.717, 1.165) is 0 Å². The minimum atomic E-state index is -3.49. The Morgan fingerprint density at radius 1 is 2.29 bits per heavy atom. The first-order chi connectivity index (χ1) is 4.67. The molecule has 0 bridgehead atoms. The first-order valence-corrected chi connectivity index (χ1v) is 2.10. The molecule has 0 amide bonds. The van der Waals surface area contributed by atoms with Gasteiger partial charge in [-0.25, -0.2) is 0 Å². The minimum Gasteiger partial charge on any atom is -0.566 e. The van der Waals surface area contributed by atoms with Gasteiger partial charge in [0.2, 0.25) is 0 Å². The van der Waals surface area contributed by atoms with Gasteiger partial charge in [0.15, 0.2) is 0 Å². The van der Waals surface area contributed by atoms with Crippen LogP contribution in [-0.2, 0) is 9.09 Å². The van der Waals surface area contributed by atoms with Gasteiger partial charge < -0.3 is 4.89 Å². The molecule has 0 aliphatic heterocycles. The molecule has 0 aliphatic rings. The molecule has 5 heteroatoms.